The molecule has 1 N–H and O–H groups in total. The number of hydrogen-bond acceptors (Lipinski definition) is 8. The van der Waals surface area contributed by atoms with E-state index in [9.17, 15) is 4.39 Å². The zero-order chi connectivity index (χ0) is 15.5. The Bertz CT molecular complexity index is 680. The number of hydrogen-bond donors (Lipinski definition) is 1. The van der Waals surface area contributed by atoms with Gasteiger partial charge >= 0.3 is 6.01 Å². The average Bonchev–Trinajstić information content (AvgIpc) is 3.11. The highest BCUT2D eigenvalue weighted by molar-refractivity contribution is 5.36. The van der Waals surface area contributed by atoms with Crippen molar-refractivity contribution in [1.82, 2.24) is 20.2 Å². The number of aryl methyl sites for hydroxylation is 1. The summed E-state index contributed by atoms with van der Waals surface area (Å²) in [7, 11) is 0. The van der Waals surface area contributed by atoms with Crippen LogP contribution in [0, 0.1) is 18.3 Å². The number of nitriles is 1. The van der Waals surface area contributed by atoms with E-state index in [1.165, 1.54) is 12.4 Å². The third-order valence-electron chi connectivity index (χ3n) is 3.41. The largest absolute Gasteiger partial charge is 0.408 e. The molecule has 114 valence electrons. The number of nitrogens with one attached hydrogen (secondary N) is 1. The molecule has 0 spiro atoms. The maximum atomic E-state index is 13.7. The number of aromatic nitrogens is 4. The lowest BCUT2D eigenvalue weighted by atomic mass is 10.2. The quantitative estimate of drug-likeness (QED) is 0.894. The van der Waals surface area contributed by atoms with Crippen LogP contribution in [-0.2, 0) is 0 Å². The first kappa shape index (κ1) is 14.2. The molecule has 2 atom stereocenters. The van der Waals surface area contributed by atoms with Crippen molar-refractivity contribution in [3.63, 3.8) is 0 Å². The second-order valence-electron chi connectivity index (χ2n) is 5.02. The summed E-state index contributed by atoms with van der Waals surface area (Å²) in [5.41, 5.74) is 0.248. The zero-order valence-electron chi connectivity index (χ0n) is 11.9. The van der Waals surface area contributed by atoms with Crippen molar-refractivity contribution in [3.05, 3.63) is 24.0 Å². The Balaban J connectivity index is 1.66. The Kier molecular flexibility index (Phi) is 3.82. The lowest BCUT2D eigenvalue weighted by Gasteiger charge is -2.22. The van der Waals surface area contributed by atoms with E-state index in [2.05, 4.69) is 25.5 Å². The van der Waals surface area contributed by atoms with E-state index in [0.717, 1.165) is 0 Å². The summed E-state index contributed by atoms with van der Waals surface area (Å²) < 4.78 is 19.1. The molecule has 0 amide bonds. The van der Waals surface area contributed by atoms with E-state index in [0.29, 0.717) is 30.7 Å². The van der Waals surface area contributed by atoms with Crippen molar-refractivity contribution in [1.29, 1.82) is 5.26 Å². The molecule has 2 aromatic heterocycles. The lowest BCUT2D eigenvalue weighted by Crippen LogP contribution is -2.35. The molecule has 1 fully saturated rings. The molecule has 0 unspecified atom stereocenters. The van der Waals surface area contributed by atoms with Gasteiger partial charge in [0.15, 0.2) is 5.69 Å². The fourth-order valence-corrected chi connectivity index (χ4v) is 2.39. The highest BCUT2D eigenvalue weighted by Crippen LogP contribution is 2.26. The average molecular weight is 303 g/mol. The van der Waals surface area contributed by atoms with Crippen LogP contribution in [0.2, 0.25) is 0 Å². The van der Waals surface area contributed by atoms with Crippen LogP contribution in [0.5, 0.6) is 0 Å². The molecule has 0 aliphatic carbocycles. The van der Waals surface area contributed by atoms with Gasteiger partial charge in [-0.05, 0) is 0 Å². The van der Waals surface area contributed by atoms with E-state index < -0.39 is 6.17 Å². The lowest BCUT2D eigenvalue weighted by molar-refractivity contribution is 0.356. The highest BCUT2D eigenvalue weighted by atomic mass is 19.1. The fourth-order valence-electron chi connectivity index (χ4n) is 2.39. The molecule has 1 aliphatic heterocycles. The normalized spacial score (nSPS) is 20.9. The van der Waals surface area contributed by atoms with E-state index in [4.69, 9.17) is 9.68 Å². The molecule has 3 rings (SSSR count). The van der Waals surface area contributed by atoms with Gasteiger partial charge in [0, 0.05) is 19.9 Å². The molecule has 22 heavy (non-hydrogen) atoms. The van der Waals surface area contributed by atoms with Crippen molar-refractivity contribution < 1.29 is 8.81 Å². The Morgan fingerprint density at radius 1 is 1.45 bits per heavy atom. The minimum atomic E-state index is -0.939. The maximum Gasteiger partial charge on any atom is 0.318 e. The van der Waals surface area contributed by atoms with Crippen molar-refractivity contribution in [2.24, 2.45) is 0 Å². The van der Waals surface area contributed by atoms with Gasteiger partial charge in [0.25, 0.3) is 0 Å². The van der Waals surface area contributed by atoms with E-state index in [-0.39, 0.29) is 18.3 Å². The van der Waals surface area contributed by atoms with Crippen LogP contribution in [0.4, 0.5) is 16.2 Å². The van der Waals surface area contributed by atoms with Crippen molar-refractivity contribution in [2.75, 3.05) is 23.3 Å². The van der Waals surface area contributed by atoms with Gasteiger partial charge in [0.05, 0.1) is 25.0 Å². The predicted octanol–water partition coefficient (Wildman–Crippen LogP) is 1.07. The summed E-state index contributed by atoms with van der Waals surface area (Å²) >= 11 is 0. The van der Waals surface area contributed by atoms with Gasteiger partial charge < -0.3 is 14.6 Å². The van der Waals surface area contributed by atoms with Gasteiger partial charge in [0.1, 0.15) is 18.1 Å². The van der Waals surface area contributed by atoms with Crippen molar-refractivity contribution in [3.8, 4) is 6.07 Å². The second-order valence-corrected chi connectivity index (χ2v) is 5.02. The molecule has 8 nitrogen and oxygen atoms in total. The van der Waals surface area contributed by atoms with E-state index >= 15 is 0 Å². The summed E-state index contributed by atoms with van der Waals surface area (Å²) in [6.45, 7) is 2.38. The highest BCUT2D eigenvalue weighted by Gasteiger charge is 2.35. The Morgan fingerprint density at radius 3 is 2.95 bits per heavy atom. The van der Waals surface area contributed by atoms with Gasteiger partial charge in [-0.25, -0.2) is 14.4 Å². The second kappa shape index (κ2) is 5.93. The first-order valence-electron chi connectivity index (χ1n) is 6.82. The van der Waals surface area contributed by atoms with Crippen molar-refractivity contribution in [2.45, 2.75) is 25.6 Å². The van der Waals surface area contributed by atoms with Crippen LogP contribution in [0.1, 0.15) is 18.0 Å². The standard InChI is InChI=1S/C13H14FN7O/c1-8-19-20-13(22-8)21-7-9(14)2-11(21)5-18-12-6-16-10(3-15)4-17-12/h4,6,9,11H,2,5,7H2,1H3,(H,17,18)/t9-,11-/m0/s1. The molecule has 3 heterocycles. The van der Waals surface area contributed by atoms with Crippen LogP contribution < -0.4 is 10.2 Å². The molecule has 1 saturated heterocycles. The van der Waals surface area contributed by atoms with E-state index in [1.54, 1.807) is 11.8 Å². The summed E-state index contributed by atoms with van der Waals surface area (Å²) in [5.74, 6) is 0.977. The number of rotatable bonds is 4. The number of nitrogens with zero attached hydrogens (tertiary/aromatic N) is 6. The third kappa shape index (κ3) is 2.95. The molecule has 0 aromatic carbocycles. The van der Waals surface area contributed by atoms with Gasteiger partial charge in [-0.3, -0.25) is 0 Å². The first-order valence-corrected chi connectivity index (χ1v) is 6.82. The monoisotopic (exact) mass is 303 g/mol. The van der Waals surface area contributed by atoms with Gasteiger partial charge in [-0.15, -0.1) is 5.10 Å². The van der Waals surface area contributed by atoms with Gasteiger partial charge in [-0.1, -0.05) is 5.10 Å². The molecule has 0 bridgehead atoms. The zero-order valence-corrected chi connectivity index (χ0v) is 11.9. The Labute approximate surface area is 126 Å². The molecule has 1 aliphatic rings. The molecule has 2 aromatic rings. The maximum absolute atomic E-state index is 13.7. The molecule has 9 heteroatoms. The van der Waals surface area contributed by atoms with Gasteiger partial charge in [0.2, 0.25) is 5.89 Å². The molecule has 0 radical (unpaired) electrons. The van der Waals surface area contributed by atoms with E-state index in [1.807, 2.05) is 6.07 Å². The smallest absolute Gasteiger partial charge is 0.318 e. The Morgan fingerprint density at radius 2 is 2.32 bits per heavy atom. The fraction of sp³-hybridized carbons (Fsp3) is 0.462. The molecular formula is C13H14FN7O. The van der Waals surface area contributed by atoms with Crippen LogP contribution in [-0.4, -0.2) is 45.5 Å². The van der Waals surface area contributed by atoms with Crippen LogP contribution in [0.25, 0.3) is 0 Å². The van der Waals surface area contributed by atoms with Crippen molar-refractivity contribution >= 4 is 11.8 Å². The van der Waals surface area contributed by atoms with Crippen LogP contribution in [0.15, 0.2) is 16.8 Å². The third-order valence-corrected chi connectivity index (χ3v) is 3.41. The summed E-state index contributed by atoms with van der Waals surface area (Å²) in [6.07, 6.45) is 2.29. The minimum Gasteiger partial charge on any atom is -0.408 e. The number of anilines is 2. The van der Waals surface area contributed by atoms with Crippen LogP contribution in [0.3, 0.4) is 0 Å². The molecule has 0 saturated carbocycles. The number of halogens is 1. The van der Waals surface area contributed by atoms with Gasteiger partial charge in [-0.2, -0.15) is 5.26 Å². The molecular weight excluding hydrogens is 289 g/mol. The first-order chi connectivity index (χ1) is 10.7. The summed E-state index contributed by atoms with van der Waals surface area (Å²) in [5, 5.41) is 19.5. The topological polar surface area (TPSA) is 104 Å². The summed E-state index contributed by atoms with van der Waals surface area (Å²) in [6, 6.07) is 2.11. The minimum absolute atomic E-state index is 0.118. The predicted molar refractivity (Wildman–Crippen MR) is 74.9 cm³/mol. The summed E-state index contributed by atoms with van der Waals surface area (Å²) in [4.78, 5) is 9.75. The SMILES string of the molecule is Cc1nnc(N2C[C@@H](F)C[C@H]2CNc2cnc(C#N)cn2)o1. The number of alkyl halides is 1. The Hall–Kier alpha value is -2.76. The van der Waals surface area contributed by atoms with Crippen LogP contribution >= 0.6 is 0 Å².